The molecule has 0 N–H and O–H groups in total. The highest BCUT2D eigenvalue weighted by Gasteiger charge is 2.32. The average molecular weight is 469 g/mol. The van der Waals surface area contributed by atoms with Crippen molar-refractivity contribution in [2.24, 2.45) is 0 Å². The molecule has 1 unspecified atom stereocenters. The summed E-state index contributed by atoms with van der Waals surface area (Å²) < 4.78 is 11.9. The minimum atomic E-state index is -0.254. The lowest BCUT2D eigenvalue weighted by molar-refractivity contribution is -0.917. The Kier molecular flexibility index (Phi) is 12.8. The van der Waals surface area contributed by atoms with Crippen molar-refractivity contribution in [1.82, 2.24) is 0 Å². The molecule has 0 aliphatic rings. The zero-order chi connectivity index (χ0) is 24.7. The van der Waals surface area contributed by atoms with Gasteiger partial charge in [0.1, 0.15) is 25.5 Å². The van der Waals surface area contributed by atoms with Crippen LogP contribution < -0.4 is 4.74 Å². The molecule has 0 amide bonds. The number of benzene rings is 2. The maximum Gasteiger partial charge on any atom is 0.364 e. The number of likely N-dealkylation sites (N-methyl/N-ethyl adjacent to an activating group) is 1. The van der Waals surface area contributed by atoms with Crippen LogP contribution in [0.25, 0.3) is 0 Å². The second-order valence-corrected chi connectivity index (χ2v) is 9.99. The van der Waals surface area contributed by atoms with E-state index in [1.54, 1.807) is 0 Å². The summed E-state index contributed by atoms with van der Waals surface area (Å²) in [4.78, 5) is 12.6. The Labute approximate surface area is 207 Å². The maximum atomic E-state index is 12.6. The van der Waals surface area contributed by atoms with Crippen LogP contribution in [0.1, 0.15) is 76.3 Å². The van der Waals surface area contributed by atoms with Crippen LogP contribution in [0.3, 0.4) is 0 Å². The van der Waals surface area contributed by atoms with Crippen LogP contribution in [0.2, 0.25) is 0 Å². The highest BCUT2D eigenvalue weighted by Crippen LogP contribution is 2.17. The van der Waals surface area contributed by atoms with Crippen LogP contribution in [0.4, 0.5) is 0 Å². The SMILES string of the molecule is CCCCCCCCCCc1cccc(OCCOC(=O)C(C)[N+](C)(C)Cc2ccccc2)c1. The van der Waals surface area contributed by atoms with E-state index in [2.05, 4.69) is 45.3 Å². The molecular weight excluding hydrogens is 422 g/mol. The van der Waals surface area contributed by atoms with Crippen LogP contribution in [-0.2, 0) is 22.5 Å². The molecule has 0 spiro atoms. The molecule has 0 aliphatic carbocycles. The Bertz CT molecular complexity index is 819. The third-order valence-corrected chi connectivity index (χ3v) is 6.64. The van der Waals surface area contributed by atoms with E-state index >= 15 is 0 Å². The van der Waals surface area contributed by atoms with Crippen molar-refractivity contribution in [2.45, 2.75) is 84.2 Å². The molecule has 0 fully saturated rings. The van der Waals surface area contributed by atoms with E-state index in [0.717, 1.165) is 18.7 Å². The molecule has 0 radical (unpaired) electrons. The van der Waals surface area contributed by atoms with Gasteiger partial charge in [0.05, 0.1) is 14.1 Å². The first-order chi connectivity index (χ1) is 16.4. The van der Waals surface area contributed by atoms with Gasteiger partial charge in [-0.1, -0.05) is 94.3 Å². The fraction of sp³-hybridized carbons (Fsp3) is 0.567. The van der Waals surface area contributed by atoms with Crippen molar-refractivity contribution in [1.29, 1.82) is 0 Å². The molecule has 4 nitrogen and oxygen atoms in total. The molecule has 0 aromatic heterocycles. The van der Waals surface area contributed by atoms with Gasteiger partial charge in [0, 0.05) is 5.56 Å². The van der Waals surface area contributed by atoms with Crippen molar-refractivity contribution in [3.8, 4) is 5.75 Å². The number of nitrogens with zero attached hydrogens (tertiary/aromatic N) is 1. The highest BCUT2D eigenvalue weighted by atomic mass is 16.6. The number of unbranched alkanes of at least 4 members (excludes halogenated alkanes) is 7. The van der Waals surface area contributed by atoms with E-state index < -0.39 is 0 Å². The summed E-state index contributed by atoms with van der Waals surface area (Å²) in [5.41, 5.74) is 2.52. The number of carbonyl (C=O) groups is 1. The molecular formula is C30H46NO3+. The molecule has 2 aromatic carbocycles. The van der Waals surface area contributed by atoms with Crippen molar-refractivity contribution in [3.63, 3.8) is 0 Å². The summed E-state index contributed by atoms with van der Waals surface area (Å²) in [5, 5.41) is 0. The second-order valence-electron chi connectivity index (χ2n) is 9.99. The van der Waals surface area contributed by atoms with Crippen LogP contribution >= 0.6 is 0 Å². The number of rotatable bonds is 17. The van der Waals surface area contributed by atoms with Crippen molar-refractivity contribution in [2.75, 3.05) is 27.3 Å². The van der Waals surface area contributed by atoms with Gasteiger partial charge in [-0.2, -0.15) is 0 Å². The maximum absolute atomic E-state index is 12.6. The minimum Gasteiger partial charge on any atom is -0.490 e. The quantitative estimate of drug-likeness (QED) is 0.143. The van der Waals surface area contributed by atoms with Gasteiger partial charge < -0.3 is 14.0 Å². The van der Waals surface area contributed by atoms with E-state index in [4.69, 9.17) is 9.47 Å². The largest absolute Gasteiger partial charge is 0.490 e. The van der Waals surface area contributed by atoms with Crippen molar-refractivity contribution in [3.05, 3.63) is 65.7 Å². The monoisotopic (exact) mass is 468 g/mol. The number of ether oxygens (including phenoxy) is 2. The molecule has 0 saturated heterocycles. The molecule has 0 saturated carbocycles. The minimum absolute atomic E-state index is 0.187. The summed E-state index contributed by atoms with van der Waals surface area (Å²) in [6, 6.07) is 18.3. The number of aryl methyl sites for hydroxylation is 1. The molecule has 0 heterocycles. The lowest BCUT2D eigenvalue weighted by Gasteiger charge is -2.34. The first kappa shape index (κ1) is 27.9. The van der Waals surface area contributed by atoms with E-state index in [1.807, 2.05) is 37.3 Å². The van der Waals surface area contributed by atoms with Gasteiger partial charge in [-0.05, 0) is 37.5 Å². The van der Waals surface area contributed by atoms with Gasteiger partial charge in [0.2, 0.25) is 0 Å². The van der Waals surface area contributed by atoms with Crippen molar-refractivity contribution < 1.29 is 18.8 Å². The summed E-state index contributed by atoms with van der Waals surface area (Å²) in [6.45, 7) is 5.60. The zero-order valence-corrected chi connectivity index (χ0v) is 21.9. The van der Waals surface area contributed by atoms with Gasteiger partial charge in [-0.25, -0.2) is 4.79 Å². The van der Waals surface area contributed by atoms with Gasteiger partial charge in [-0.15, -0.1) is 0 Å². The third-order valence-electron chi connectivity index (χ3n) is 6.64. The summed E-state index contributed by atoms with van der Waals surface area (Å²) in [7, 11) is 4.13. The fourth-order valence-electron chi connectivity index (χ4n) is 4.15. The van der Waals surface area contributed by atoms with Gasteiger partial charge in [-0.3, -0.25) is 0 Å². The number of esters is 1. The average Bonchev–Trinajstić information content (AvgIpc) is 2.83. The Hall–Kier alpha value is -2.33. The van der Waals surface area contributed by atoms with Crippen LogP contribution in [-0.4, -0.2) is 43.8 Å². The van der Waals surface area contributed by atoms with Crippen LogP contribution in [0.15, 0.2) is 54.6 Å². The highest BCUT2D eigenvalue weighted by molar-refractivity contribution is 5.74. The zero-order valence-electron chi connectivity index (χ0n) is 21.9. The topological polar surface area (TPSA) is 35.5 Å². The Morgan fingerprint density at radius 3 is 2.18 bits per heavy atom. The van der Waals surface area contributed by atoms with Crippen molar-refractivity contribution >= 4 is 5.97 Å². The molecule has 188 valence electrons. The van der Waals surface area contributed by atoms with Gasteiger partial charge in [0.25, 0.3) is 0 Å². The molecule has 0 aliphatic heterocycles. The number of hydrogen-bond acceptors (Lipinski definition) is 3. The first-order valence-electron chi connectivity index (χ1n) is 13.2. The molecule has 1 atom stereocenters. The summed E-state index contributed by atoms with van der Waals surface area (Å²) >= 11 is 0. The van der Waals surface area contributed by atoms with E-state index in [0.29, 0.717) is 11.1 Å². The van der Waals surface area contributed by atoms with Gasteiger partial charge in [0.15, 0.2) is 6.04 Å². The predicted molar refractivity (Wildman–Crippen MR) is 141 cm³/mol. The Balaban J connectivity index is 1.65. The van der Waals surface area contributed by atoms with Crippen LogP contribution in [0, 0.1) is 0 Å². The lowest BCUT2D eigenvalue weighted by Crippen LogP contribution is -2.51. The molecule has 4 heteroatoms. The number of hydrogen-bond donors (Lipinski definition) is 0. The Morgan fingerprint density at radius 2 is 1.47 bits per heavy atom. The molecule has 2 aromatic rings. The summed E-state index contributed by atoms with van der Waals surface area (Å²) in [5.74, 6) is 0.661. The molecule has 0 bridgehead atoms. The first-order valence-corrected chi connectivity index (χ1v) is 13.2. The van der Waals surface area contributed by atoms with E-state index in [1.165, 1.54) is 62.5 Å². The van der Waals surface area contributed by atoms with E-state index in [-0.39, 0.29) is 18.6 Å². The fourth-order valence-corrected chi connectivity index (χ4v) is 4.15. The van der Waals surface area contributed by atoms with Gasteiger partial charge >= 0.3 is 5.97 Å². The number of carbonyl (C=O) groups excluding carboxylic acids is 1. The third kappa shape index (κ3) is 10.7. The van der Waals surface area contributed by atoms with E-state index in [9.17, 15) is 4.79 Å². The normalized spacial score (nSPS) is 12.4. The standard InChI is InChI=1S/C30H46NO3/c1-5-6-7-8-9-10-11-13-17-27-20-16-21-29(24-27)33-22-23-34-30(32)26(2)31(3,4)25-28-18-14-12-15-19-28/h12,14-16,18-21,24,26H,5-11,13,17,22-23,25H2,1-4H3/q+1. The summed E-state index contributed by atoms with van der Waals surface area (Å²) in [6.07, 6.45) is 11.8. The number of quaternary nitrogens is 1. The Morgan fingerprint density at radius 1 is 0.824 bits per heavy atom. The second kappa shape index (κ2) is 15.5. The molecule has 2 rings (SSSR count). The smallest absolute Gasteiger partial charge is 0.364 e. The van der Waals surface area contributed by atoms with Crippen LogP contribution in [0.5, 0.6) is 5.75 Å². The molecule has 34 heavy (non-hydrogen) atoms. The predicted octanol–water partition coefficient (Wildman–Crippen LogP) is 6.96. The lowest BCUT2D eigenvalue weighted by atomic mass is 10.0.